The number of hydrogen-bond donors (Lipinski definition) is 0. The Morgan fingerprint density at radius 2 is 0.645 bits per heavy atom. The molecule has 0 N–H and O–H groups in total. The number of halogens is 1. The molecule has 0 rings (SSSR count). The fraction of sp³-hybridized carbons (Fsp3) is 1.00. The van der Waals surface area contributed by atoms with Gasteiger partial charge in [0.05, 0.1) is 92.5 Å². The average Bonchev–Trinajstić information content (AvgIpc) is 2.78. The van der Waals surface area contributed by atoms with E-state index in [1.807, 2.05) is 6.92 Å². The van der Waals surface area contributed by atoms with Gasteiger partial charge in [0.25, 0.3) is 0 Å². The summed E-state index contributed by atoms with van der Waals surface area (Å²) in [7, 11) is 0. The molecule has 0 spiro atoms. The van der Waals surface area contributed by atoms with Crippen LogP contribution in [0.1, 0.15) is 32.6 Å². The van der Waals surface area contributed by atoms with Crippen molar-refractivity contribution in [1.82, 2.24) is 0 Å². The van der Waals surface area contributed by atoms with E-state index in [4.69, 9.17) is 37.9 Å². The van der Waals surface area contributed by atoms with Gasteiger partial charge >= 0.3 is 0 Å². The van der Waals surface area contributed by atoms with E-state index in [0.717, 1.165) is 19.6 Å². The van der Waals surface area contributed by atoms with Gasteiger partial charge in [0.2, 0.25) is 0 Å². The highest BCUT2D eigenvalue weighted by Crippen LogP contribution is 2.02. The van der Waals surface area contributed by atoms with Gasteiger partial charge in [-0.1, -0.05) is 35.4 Å². The van der Waals surface area contributed by atoms with E-state index in [0.29, 0.717) is 92.5 Å². The van der Waals surface area contributed by atoms with Gasteiger partial charge in [0, 0.05) is 13.2 Å². The number of alkyl halides is 1. The highest BCUT2D eigenvalue weighted by atomic mass is 127. The van der Waals surface area contributed by atoms with Crippen LogP contribution in [0.3, 0.4) is 0 Å². The Morgan fingerprint density at radius 1 is 0.355 bits per heavy atom. The van der Waals surface area contributed by atoms with Crippen LogP contribution in [0.25, 0.3) is 0 Å². The summed E-state index contributed by atoms with van der Waals surface area (Å²) in [6, 6.07) is 0. The molecule has 0 amide bonds. The molecule has 188 valence electrons. The number of hydrogen-bond acceptors (Lipinski definition) is 8. The molecule has 0 unspecified atom stereocenters. The smallest absolute Gasteiger partial charge is 0.0701 e. The van der Waals surface area contributed by atoms with Crippen molar-refractivity contribution in [2.24, 2.45) is 0 Å². The number of ether oxygens (including phenoxy) is 8. The third-order valence-electron chi connectivity index (χ3n) is 3.98. The molecule has 0 aromatic rings. The molecule has 0 fully saturated rings. The third kappa shape index (κ3) is 30.4. The van der Waals surface area contributed by atoms with Gasteiger partial charge in [0.15, 0.2) is 0 Å². The standard InChI is InChI=1S/C22H45IO8/c1-2-24-9-10-26-13-14-28-17-18-30-21-22-31-20-19-29-16-15-27-12-11-25-8-6-4-3-5-7-23/h2-22H2,1H3. The first-order valence-corrected chi connectivity index (χ1v) is 13.1. The first kappa shape index (κ1) is 31.4. The van der Waals surface area contributed by atoms with Crippen LogP contribution >= 0.6 is 22.6 Å². The van der Waals surface area contributed by atoms with Crippen molar-refractivity contribution in [2.45, 2.75) is 32.6 Å². The number of rotatable bonds is 28. The van der Waals surface area contributed by atoms with Crippen molar-refractivity contribution in [3.63, 3.8) is 0 Å². The predicted octanol–water partition coefficient (Wildman–Crippen LogP) is 3.13. The monoisotopic (exact) mass is 564 g/mol. The molecule has 8 nitrogen and oxygen atoms in total. The van der Waals surface area contributed by atoms with Crippen LogP contribution < -0.4 is 0 Å². The van der Waals surface area contributed by atoms with Crippen LogP contribution in [0.5, 0.6) is 0 Å². The Hall–Kier alpha value is 0.410. The zero-order valence-electron chi connectivity index (χ0n) is 19.5. The first-order chi connectivity index (χ1) is 15.4. The second-order valence-corrected chi connectivity index (χ2v) is 7.67. The van der Waals surface area contributed by atoms with Crippen molar-refractivity contribution < 1.29 is 37.9 Å². The molecule has 0 aliphatic rings. The highest BCUT2D eigenvalue weighted by Gasteiger charge is 1.95. The molecular formula is C22H45IO8. The summed E-state index contributed by atoms with van der Waals surface area (Å²) in [5, 5.41) is 0. The zero-order chi connectivity index (χ0) is 22.5. The number of unbranched alkanes of at least 4 members (excludes halogenated alkanes) is 3. The Kier molecular flexibility index (Phi) is 30.8. The molecule has 0 heterocycles. The fourth-order valence-corrected chi connectivity index (χ4v) is 2.88. The van der Waals surface area contributed by atoms with E-state index in [1.165, 1.54) is 23.7 Å². The topological polar surface area (TPSA) is 73.8 Å². The molecule has 31 heavy (non-hydrogen) atoms. The van der Waals surface area contributed by atoms with Crippen LogP contribution in [-0.2, 0) is 37.9 Å². The first-order valence-electron chi connectivity index (χ1n) is 11.6. The lowest BCUT2D eigenvalue weighted by atomic mass is 10.2. The van der Waals surface area contributed by atoms with Crippen molar-refractivity contribution in [3.05, 3.63) is 0 Å². The molecule has 0 saturated carbocycles. The van der Waals surface area contributed by atoms with Crippen LogP contribution in [0.15, 0.2) is 0 Å². The second kappa shape index (κ2) is 30.4. The van der Waals surface area contributed by atoms with Crippen molar-refractivity contribution in [1.29, 1.82) is 0 Å². The maximum atomic E-state index is 5.54. The molecule has 9 heteroatoms. The summed E-state index contributed by atoms with van der Waals surface area (Å²) >= 11 is 2.42. The third-order valence-corrected chi connectivity index (χ3v) is 4.74. The largest absolute Gasteiger partial charge is 0.379 e. The van der Waals surface area contributed by atoms with Crippen molar-refractivity contribution >= 4 is 22.6 Å². The van der Waals surface area contributed by atoms with E-state index < -0.39 is 0 Å². The molecule has 0 aliphatic heterocycles. The van der Waals surface area contributed by atoms with Crippen LogP contribution in [0.2, 0.25) is 0 Å². The van der Waals surface area contributed by atoms with E-state index in [1.54, 1.807) is 0 Å². The minimum absolute atomic E-state index is 0.551. The molecule has 0 aromatic carbocycles. The van der Waals surface area contributed by atoms with Gasteiger partial charge in [-0.3, -0.25) is 0 Å². The normalized spacial score (nSPS) is 11.4. The van der Waals surface area contributed by atoms with Crippen LogP contribution in [0, 0.1) is 0 Å². The maximum absolute atomic E-state index is 5.54. The minimum Gasteiger partial charge on any atom is -0.379 e. The molecule has 0 aliphatic carbocycles. The summed E-state index contributed by atoms with van der Waals surface area (Å²) in [5.41, 5.74) is 0. The summed E-state index contributed by atoms with van der Waals surface area (Å²) in [4.78, 5) is 0. The van der Waals surface area contributed by atoms with Gasteiger partial charge in [-0.2, -0.15) is 0 Å². The van der Waals surface area contributed by atoms with Gasteiger partial charge in [0.1, 0.15) is 0 Å². The Morgan fingerprint density at radius 3 is 0.968 bits per heavy atom. The van der Waals surface area contributed by atoms with Crippen molar-refractivity contribution in [2.75, 3.05) is 110 Å². The second-order valence-electron chi connectivity index (χ2n) is 6.59. The molecule has 0 radical (unpaired) electrons. The SMILES string of the molecule is CCOCCOCCOCCOCCOCCOCCOCCOCCCCCCI. The van der Waals surface area contributed by atoms with E-state index in [2.05, 4.69) is 22.6 Å². The van der Waals surface area contributed by atoms with Gasteiger partial charge in [-0.15, -0.1) is 0 Å². The van der Waals surface area contributed by atoms with E-state index in [-0.39, 0.29) is 0 Å². The van der Waals surface area contributed by atoms with E-state index >= 15 is 0 Å². The summed E-state index contributed by atoms with van der Waals surface area (Å²) in [6.45, 7) is 11.7. The van der Waals surface area contributed by atoms with Crippen molar-refractivity contribution in [3.8, 4) is 0 Å². The Bertz CT molecular complexity index is 285. The molecule has 0 aromatic heterocycles. The van der Waals surface area contributed by atoms with Gasteiger partial charge < -0.3 is 37.9 Å². The maximum Gasteiger partial charge on any atom is 0.0701 e. The van der Waals surface area contributed by atoms with Gasteiger partial charge in [-0.05, 0) is 24.2 Å². The molecule has 0 saturated heterocycles. The highest BCUT2D eigenvalue weighted by molar-refractivity contribution is 14.1. The summed E-state index contributed by atoms with van der Waals surface area (Å²) in [6.07, 6.45) is 5.01. The lowest BCUT2D eigenvalue weighted by Gasteiger charge is -2.08. The lowest BCUT2D eigenvalue weighted by molar-refractivity contribution is -0.0229. The Balaban J connectivity index is 2.98. The van der Waals surface area contributed by atoms with Gasteiger partial charge in [-0.25, -0.2) is 0 Å². The summed E-state index contributed by atoms with van der Waals surface area (Å²) in [5.74, 6) is 0. The molecular weight excluding hydrogens is 519 g/mol. The summed E-state index contributed by atoms with van der Waals surface area (Å²) < 4.78 is 44.5. The van der Waals surface area contributed by atoms with Crippen LogP contribution in [0.4, 0.5) is 0 Å². The molecule has 0 atom stereocenters. The van der Waals surface area contributed by atoms with Crippen LogP contribution in [-0.4, -0.2) is 110 Å². The minimum atomic E-state index is 0.551. The zero-order valence-corrected chi connectivity index (χ0v) is 21.7. The predicted molar refractivity (Wildman–Crippen MR) is 130 cm³/mol. The average molecular weight is 564 g/mol. The lowest BCUT2D eigenvalue weighted by Crippen LogP contribution is -2.15. The fourth-order valence-electron chi connectivity index (χ4n) is 2.34. The quantitative estimate of drug-likeness (QED) is 0.0816. The molecule has 0 bridgehead atoms. The Labute approximate surface area is 203 Å². The van der Waals surface area contributed by atoms with E-state index in [9.17, 15) is 0 Å².